The largest absolute Gasteiger partial charge is 0.385 e. The molecule has 2 atom stereocenters. The van der Waals surface area contributed by atoms with Crippen molar-refractivity contribution in [3.63, 3.8) is 0 Å². The molecule has 4 aromatic rings. The van der Waals surface area contributed by atoms with Crippen LogP contribution < -0.4 is 0 Å². The van der Waals surface area contributed by atoms with E-state index in [0.717, 1.165) is 27.0 Å². The van der Waals surface area contributed by atoms with Crippen molar-refractivity contribution >= 4 is 27.4 Å². The van der Waals surface area contributed by atoms with Crippen LogP contribution in [0.5, 0.6) is 0 Å². The predicted molar refractivity (Wildman–Crippen MR) is 145 cm³/mol. The van der Waals surface area contributed by atoms with Gasteiger partial charge in [0.25, 0.3) is 0 Å². The summed E-state index contributed by atoms with van der Waals surface area (Å²) in [4.78, 5) is 27.9. The minimum Gasteiger partial charge on any atom is -0.385 e. The molecular formula is C30H25BrFN3O2. The summed E-state index contributed by atoms with van der Waals surface area (Å²) >= 11 is 3.40. The summed E-state index contributed by atoms with van der Waals surface area (Å²) in [6, 6.07) is 20.0. The van der Waals surface area contributed by atoms with Crippen LogP contribution in [0.4, 0.5) is 4.39 Å². The van der Waals surface area contributed by atoms with E-state index in [1.54, 1.807) is 24.5 Å². The first-order valence-electron chi connectivity index (χ1n) is 12.1. The Morgan fingerprint density at radius 2 is 1.92 bits per heavy atom. The van der Waals surface area contributed by atoms with Crippen LogP contribution in [0.15, 0.2) is 88.8 Å². The lowest BCUT2D eigenvalue weighted by Crippen LogP contribution is -2.09. The summed E-state index contributed by atoms with van der Waals surface area (Å²) in [5.74, 6) is -0.461. The van der Waals surface area contributed by atoms with Crippen LogP contribution in [0.3, 0.4) is 0 Å². The minimum atomic E-state index is -0.334. The first kappa shape index (κ1) is 25.0. The Hall–Kier alpha value is -3.71. The fraction of sp³-hybridized carbons (Fsp3) is 0.200. The van der Waals surface area contributed by atoms with Gasteiger partial charge in [-0.05, 0) is 82.5 Å². The van der Waals surface area contributed by atoms with Gasteiger partial charge in [0.1, 0.15) is 5.82 Å². The van der Waals surface area contributed by atoms with E-state index in [1.807, 2.05) is 62.4 Å². The number of ketones is 1. The maximum Gasteiger partial charge on any atom is 0.174 e. The van der Waals surface area contributed by atoms with Crippen LogP contribution in [-0.2, 0) is 4.84 Å². The molecule has 2 aromatic heterocycles. The van der Waals surface area contributed by atoms with E-state index in [9.17, 15) is 9.18 Å². The third kappa shape index (κ3) is 5.67. The highest BCUT2D eigenvalue weighted by Crippen LogP contribution is 2.32. The van der Waals surface area contributed by atoms with Crippen molar-refractivity contribution in [1.82, 2.24) is 9.97 Å². The summed E-state index contributed by atoms with van der Waals surface area (Å²) in [7, 11) is 0. The second-order valence-electron chi connectivity index (χ2n) is 9.30. The van der Waals surface area contributed by atoms with E-state index in [1.165, 1.54) is 6.07 Å². The van der Waals surface area contributed by atoms with Gasteiger partial charge in [-0.2, -0.15) is 0 Å². The van der Waals surface area contributed by atoms with Gasteiger partial charge in [0.15, 0.2) is 11.9 Å². The number of carbonyl (C=O) groups is 1. The SMILES string of the molecule is Cc1ccc(-c2cc(C(=O)C[C@H](C)c3ccc(Br)cn3)cc(C3=NOC(c4ccccn4)C3)c2)c(F)c1. The van der Waals surface area contributed by atoms with Crippen molar-refractivity contribution in [3.05, 3.63) is 117 Å². The average molecular weight is 558 g/mol. The number of rotatable bonds is 7. The van der Waals surface area contributed by atoms with Gasteiger partial charge in [-0.25, -0.2) is 4.39 Å². The number of pyridine rings is 2. The number of nitrogens with zero attached hydrogens (tertiary/aromatic N) is 3. The Balaban J connectivity index is 1.48. The Labute approximate surface area is 223 Å². The van der Waals surface area contributed by atoms with Gasteiger partial charge in [-0.3, -0.25) is 14.8 Å². The standard InChI is InChI=1S/C30H25BrFN3O2/c1-18-6-8-24(25(32)11-18)20-13-21(28-16-30(37-35-28)27-5-3-4-10-33-27)15-22(14-20)29(36)12-19(2)26-9-7-23(31)17-34-26/h3-11,13-15,17,19,30H,12,16H2,1-2H3/t19-,30?/m0/s1. The predicted octanol–water partition coefficient (Wildman–Crippen LogP) is 7.60. The average Bonchev–Trinajstić information content (AvgIpc) is 3.40. The van der Waals surface area contributed by atoms with Crippen molar-refractivity contribution < 1.29 is 14.0 Å². The molecule has 0 N–H and O–H groups in total. The summed E-state index contributed by atoms with van der Waals surface area (Å²) in [5.41, 5.74) is 5.44. The van der Waals surface area contributed by atoms with Crippen molar-refractivity contribution in [2.75, 3.05) is 0 Å². The molecule has 5 nitrogen and oxygen atoms in total. The molecule has 0 bridgehead atoms. The van der Waals surface area contributed by atoms with Crippen molar-refractivity contribution in [3.8, 4) is 11.1 Å². The first-order chi connectivity index (χ1) is 17.9. The Kier molecular flexibility index (Phi) is 7.24. The number of hydrogen-bond acceptors (Lipinski definition) is 5. The normalized spacial score (nSPS) is 15.7. The second kappa shape index (κ2) is 10.7. The number of aryl methyl sites for hydroxylation is 1. The molecule has 1 aliphatic heterocycles. The zero-order valence-corrected chi connectivity index (χ0v) is 22.1. The molecule has 0 amide bonds. The minimum absolute atomic E-state index is 0.0476. The van der Waals surface area contributed by atoms with Gasteiger partial charge >= 0.3 is 0 Å². The highest BCUT2D eigenvalue weighted by atomic mass is 79.9. The van der Waals surface area contributed by atoms with E-state index in [0.29, 0.717) is 28.8 Å². The molecule has 186 valence electrons. The monoisotopic (exact) mass is 557 g/mol. The molecule has 0 spiro atoms. The van der Waals surface area contributed by atoms with Crippen molar-refractivity contribution in [2.45, 2.75) is 38.7 Å². The van der Waals surface area contributed by atoms with E-state index in [4.69, 9.17) is 4.84 Å². The van der Waals surface area contributed by atoms with Gasteiger partial charge in [-0.1, -0.05) is 30.3 Å². The maximum atomic E-state index is 15.0. The lowest BCUT2D eigenvalue weighted by atomic mass is 9.91. The number of aromatic nitrogens is 2. The van der Waals surface area contributed by atoms with Crippen LogP contribution in [0.25, 0.3) is 11.1 Å². The smallest absolute Gasteiger partial charge is 0.174 e. The molecule has 0 radical (unpaired) electrons. The van der Waals surface area contributed by atoms with E-state index in [2.05, 4.69) is 31.1 Å². The number of halogens is 2. The van der Waals surface area contributed by atoms with Crippen LogP contribution in [-0.4, -0.2) is 21.5 Å². The molecule has 0 saturated heterocycles. The molecule has 37 heavy (non-hydrogen) atoms. The zero-order chi connectivity index (χ0) is 25.9. The molecule has 2 aromatic carbocycles. The van der Waals surface area contributed by atoms with E-state index >= 15 is 0 Å². The summed E-state index contributed by atoms with van der Waals surface area (Å²) in [6.07, 6.45) is 3.91. The molecule has 5 rings (SSSR count). The van der Waals surface area contributed by atoms with Crippen molar-refractivity contribution in [2.24, 2.45) is 5.16 Å². The third-order valence-electron chi connectivity index (χ3n) is 6.46. The molecule has 1 aliphatic rings. The fourth-order valence-corrected chi connectivity index (χ4v) is 4.65. The summed E-state index contributed by atoms with van der Waals surface area (Å²) in [5, 5.41) is 4.31. The van der Waals surface area contributed by atoms with Gasteiger partial charge in [-0.15, -0.1) is 0 Å². The van der Waals surface area contributed by atoms with Gasteiger partial charge in [0.2, 0.25) is 0 Å². The number of hydrogen-bond donors (Lipinski definition) is 0. The van der Waals surface area contributed by atoms with E-state index in [-0.39, 0.29) is 30.0 Å². The topological polar surface area (TPSA) is 64.4 Å². The van der Waals surface area contributed by atoms with Crippen LogP contribution in [0, 0.1) is 12.7 Å². The first-order valence-corrected chi connectivity index (χ1v) is 12.9. The number of oxime groups is 1. The Morgan fingerprint density at radius 3 is 2.65 bits per heavy atom. The number of Topliss-reactive ketones (excluding diaryl/α,β-unsaturated/α-hetero) is 1. The van der Waals surface area contributed by atoms with E-state index < -0.39 is 0 Å². The summed E-state index contributed by atoms with van der Waals surface area (Å²) in [6.45, 7) is 3.82. The lowest BCUT2D eigenvalue weighted by molar-refractivity contribution is 0.0826. The second-order valence-corrected chi connectivity index (χ2v) is 10.2. The summed E-state index contributed by atoms with van der Waals surface area (Å²) < 4.78 is 15.9. The Bertz CT molecular complexity index is 1470. The molecule has 0 aliphatic carbocycles. The molecular weight excluding hydrogens is 533 g/mol. The molecule has 0 fully saturated rings. The van der Waals surface area contributed by atoms with Crippen LogP contribution in [0.1, 0.15) is 64.7 Å². The maximum absolute atomic E-state index is 15.0. The van der Waals surface area contributed by atoms with Crippen molar-refractivity contribution in [1.29, 1.82) is 0 Å². The highest BCUT2D eigenvalue weighted by molar-refractivity contribution is 9.10. The van der Waals surface area contributed by atoms with Gasteiger partial charge in [0.05, 0.1) is 11.4 Å². The molecule has 0 saturated carbocycles. The molecule has 3 heterocycles. The molecule has 7 heteroatoms. The Morgan fingerprint density at radius 1 is 1.08 bits per heavy atom. The van der Waals surface area contributed by atoms with Gasteiger partial charge in [0, 0.05) is 58.0 Å². The van der Waals surface area contributed by atoms with Crippen LogP contribution in [0.2, 0.25) is 0 Å². The highest BCUT2D eigenvalue weighted by Gasteiger charge is 2.26. The number of carbonyl (C=O) groups excluding carboxylic acids is 1. The quantitative estimate of drug-likeness (QED) is 0.219. The third-order valence-corrected chi connectivity index (χ3v) is 6.93. The van der Waals surface area contributed by atoms with Crippen LogP contribution >= 0.6 is 15.9 Å². The molecule has 1 unspecified atom stereocenters. The lowest BCUT2D eigenvalue weighted by Gasteiger charge is -2.13. The fourth-order valence-electron chi connectivity index (χ4n) is 4.42. The number of benzene rings is 2. The zero-order valence-electron chi connectivity index (χ0n) is 20.5. The van der Waals surface area contributed by atoms with Gasteiger partial charge < -0.3 is 4.84 Å².